The fourth-order valence-corrected chi connectivity index (χ4v) is 0.562. The lowest BCUT2D eigenvalue weighted by Crippen LogP contribution is -2.39. The molecule has 10 heavy (non-hydrogen) atoms. The molecule has 0 rings (SSSR count). The summed E-state index contributed by atoms with van der Waals surface area (Å²) in [4.78, 5) is 10.6. The van der Waals surface area contributed by atoms with Crippen LogP contribution < -0.4 is 10.6 Å². The van der Waals surface area contributed by atoms with Crippen molar-refractivity contribution >= 4 is 6.03 Å². The summed E-state index contributed by atoms with van der Waals surface area (Å²) in [6, 6.07) is -0.175. The first-order chi connectivity index (χ1) is 4.70. The summed E-state index contributed by atoms with van der Waals surface area (Å²) in [6.07, 6.45) is 0.591. The third-order valence-electron chi connectivity index (χ3n) is 1.17. The number of amides is 2. The van der Waals surface area contributed by atoms with Gasteiger partial charge < -0.3 is 15.7 Å². The molecule has 0 unspecified atom stereocenters. The van der Waals surface area contributed by atoms with Gasteiger partial charge in [-0.15, -0.1) is 0 Å². The summed E-state index contributed by atoms with van der Waals surface area (Å²) >= 11 is 0. The molecule has 0 heterocycles. The van der Waals surface area contributed by atoms with Crippen LogP contribution in [0.4, 0.5) is 4.79 Å². The van der Waals surface area contributed by atoms with Crippen molar-refractivity contribution in [3.8, 4) is 0 Å². The maximum absolute atomic E-state index is 10.6. The number of hydrogen-bond donors (Lipinski definition) is 3. The van der Waals surface area contributed by atoms with E-state index in [0.29, 0.717) is 6.42 Å². The van der Waals surface area contributed by atoms with Crippen LogP contribution in [0.25, 0.3) is 0 Å². The Hall–Kier alpha value is -0.770. The highest BCUT2D eigenvalue weighted by atomic mass is 16.3. The number of rotatable bonds is 3. The molecule has 0 fully saturated rings. The average molecular weight is 146 g/mol. The van der Waals surface area contributed by atoms with E-state index in [1.165, 1.54) is 0 Å². The van der Waals surface area contributed by atoms with E-state index in [0.717, 1.165) is 0 Å². The fraction of sp³-hybridized carbons (Fsp3) is 0.833. The van der Waals surface area contributed by atoms with Crippen LogP contribution in [0, 0.1) is 0 Å². The van der Waals surface area contributed by atoms with Crippen LogP contribution in [0.15, 0.2) is 0 Å². The minimum Gasteiger partial charge on any atom is -0.396 e. The molecular weight excluding hydrogens is 132 g/mol. The molecular formula is C6H14N2O2. The number of aliphatic hydroxyl groups is 1. The highest BCUT2D eigenvalue weighted by molar-refractivity contribution is 5.73. The molecule has 0 saturated carbocycles. The molecule has 0 radical (unpaired) electrons. The van der Waals surface area contributed by atoms with E-state index >= 15 is 0 Å². The molecule has 0 spiro atoms. The Morgan fingerprint density at radius 2 is 2.30 bits per heavy atom. The predicted molar refractivity (Wildman–Crippen MR) is 38.8 cm³/mol. The highest BCUT2D eigenvalue weighted by Gasteiger charge is 2.02. The standard InChI is InChI=1S/C6H14N2O2/c1-5(3-4-9)8-6(10)7-2/h5,9H,3-4H2,1-2H3,(H2,7,8,10)/t5-/m1/s1. The van der Waals surface area contributed by atoms with Crippen LogP contribution in [-0.4, -0.2) is 30.8 Å². The van der Waals surface area contributed by atoms with Gasteiger partial charge in [0, 0.05) is 19.7 Å². The van der Waals surface area contributed by atoms with Crippen LogP contribution in [0.5, 0.6) is 0 Å². The molecule has 0 aromatic heterocycles. The van der Waals surface area contributed by atoms with Gasteiger partial charge in [-0.05, 0) is 13.3 Å². The van der Waals surface area contributed by atoms with E-state index in [1.54, 1.807) is 7.05 Å². The van der Waals surface area contributed by atoms with Gasteiger partial charge in [-0.1, -0.05) is 0 Å². The summed E-state index contributed by atoms with van der Waals surface area (Å²) in [7, 11) is 1.56. The number of aliphatic hydroxyl groups excluding tert-OH is 1. The molecule has 2 amide bonds. The summed E-state index contributed by atoms with van der Waals surface area (Å²) < 4.78 is 0. The molecule has 0 bridgehead atoms. The van der Waals surface area contributed by atoms with Crippen molar-refractivity contribution in [2.24, 2.45) is 0 Å². The molecule has 60 valence electrons. The Balaban J connectivity index is 3.37. The molecule has 0 saturated heterocycles. The molecule has 0 aliphatic carbocycles. The lowest BCUT2D eigenvalue weighted by molar-refractivity contribution is 0.233. The normalized spacial score (nSPS) is 12.3. The first-order valence-corrected chi connectivity index (χ1v) is 3.29. The van der Waals surface area contributed by atoms with Gasteiger partial charge >= 0.3 is 6.03 Å². The molecule has 0 aliphatic rings. The van der Waals surface area contributed by atoms with Crippen LogP contribution in [0.2, 0.25) is 0 Å². The van der Waals surface area contributed by atoms with Gasteiger partial charge in [0.05, 0.1) is 0 Å². The highest BCUT2D eigenvalue weighted by Crippen LogP contribution is 1.86. The Labute approximate surface area is 60.6 Å². The zero-order valence-corrected chi connectivity index (χ0v) is 6.35. The van der Waals surface area contributed by atoms with Gasteiger partial charge in [0.1, 0.15) is 0 Å². The number of urea groups is 1. The van der Waals surface area contributed by atoms with Crippen LogP contribution in [0.3, 0.4) is 0 Å². The van der Waals surface area contributed by atoms with Crippen molar-refractivity contribution in [3.05, 3.63) is 0 Å². The zero-order valence-electron chi connectivity index (χ0n) is 6.35. The average Bonchev–Trinajstić information content (AvgIpc) is 1.88. The second-order valence-corrected chi connectivity index (χ2v) is 2.14. The van der Waals surface area contributed by atoms with E-state index < -0.39 is 0 Å². The third-order valence-corrected chi connectivity index (χ3v) is 1.17. The monoisotopic (exact) mass is 146 g/mol. The van der Waals surface area contributed by atoms with Crippen molar-refractivity contribution < 1.29 is 9.90 Å². The smallest absolute Gasteiger partial charge is 0.314 e. The second-order valence-electron chi connectivity index (χ2n) is 2.14. The van der Waals surface area contributed by atoms with E-state index in [4.69, 9.17) is 5.11 Å². The summed E-state index contributed by atoms with van der Waals surface area (Å²) in [5, 5.41) is 13.5. The largest absolute Gasteiger partial charge is 0.396 e. The Bertz CT molecular complexity index is 106. The second kappa shape index (κ2) is 5.05. The van der Waals surface area contributed by atoms with Crippen molar-refractivity contribution in [1.82, 2.24) is 10.6 Å². The third kappa shape index (κ3) is 4.14. The van der Waals surface area contributed by atoms with Gasteiger partial charge in [0.15, 0.2) is 0 Å². The van der Waals surface area contributed by atoms with Gasteiger partial charge in [0.25, 0.3) is 0 Å². The predicted octanol–water partition coefficient (Wildman–Crippen LogP) is -0.314. The first-order valence-electron chi connectivity index (χ1n) is 3.29. The Kier molecular flexibility index (Phi) is 4.66. The molecule has 0 aromatic carbocycles. The number of nitrogens with one attached hydrogen (secondary N) is 2. The zero-order chi connectivity index (χ0) is 7.98. The molecule has 0 aliphatic heterocycles. The quantitative estimate of drug-likeness (QED) is 0.511. The van der Waals surface area contributed by atoms with Gasteiger partial charge in [-0.25, -0.2) is 4.79 Å². The Morgan fingerprint density at radius 1 is 1.70 bits per heavy atom. The van der Waals surface area contributed by atoms with Crippen molar-refractivity contribution in [3.63, 3.8) is 0 Å². The lowest BCUT2D eigenvalue weighted by Gasteiger charge is -2.10. The molecule has 4 heteroatoms. The van der Waals surface area contributed by atoms with Crippen molar-refractivity contribution in [1.29, 1.82) is 0 Å². The molecule has 4 nitrogen and oxygen atoms in total. The van der Waals surface area contributed by atoms with Crippen LogP contribution in [0.1, 0.15) is 13.3 Å². The number of hydrogen-bond acceptors (Lipinski definition) is 2. The number of carbonyl (C=O) groups excluding carboxylic acids is 1. The van der Waals surface area contributed by atoms with Gasteiger partial charge in [-0.2, -0.15) is 0 Å². The molecule has 3 N–H and O–H groups in total. The minimum atomic E-state index is -0.207. The molecule has 1 atom stereocenters. The van der Waals surface area contributed by atoms with Crippen molar-refractivity contribution in [2.75, 3.05) is 13.7 Å². The van der Waals surface area contributed by atoms with E-state index in [1.807, 2.05) is 6.92 Å². The van der Waals surface area contributed by atoms with Gasteiger partial charge in [0.2, 0.25) is 0 Å². The number of carbonyl (C=O) groups is 1. The first kappa shape index (κ1) is 9.23. The van der Waals surface area contributed by atoms with E-state index in [-0.39, 0.29) is 18.7 Å². The van der Waals surface area contributed by atoms with Crippen LogP contribution in [-0.2, 0) is 0 Å². The topological polar surface area (TPSA) is 61.4 Å². The van der Waals surface area contributed by atoms with E-state index in [2.05, 4.69) is 10.6 Å². The summed E-state index contributed by atoms with van der Waals surface area (Å²) in [6.45, 7) is 1.94. The lowest BCUT2D eigenvalue weighted by atomic mass is 10.2. The maximum atomic E-state index is 10.6. The summed E-state index contributed by atoms with van der Waals surface area (Å²) in [5.74, 6) is 0. The van der Waals surface area contributed by atoms with Crippen molar-refractivity contribution in [2.45, 2.75) is 19.4 Å². The SMILES string of the molecule is CNC(=O)N[C@H](C)CCO. The van der Waals surface area contributed by atoms with E-state index in [9.17, 15) is 4.79 Å². The van der Waals surface area contributed by atoms with Gasteiger partial charge in [-0.3, -0.25) is 0 Å². The Morgan fingerprint density at radius 3 is 2.70 bits per heavy atom. The summed E-state index contributed by atoms with van der Waals surface area (Å²) in [5.41, 5.74) is 0. The van der Waals surface area contributed by atoms with Crippen LogP contribution >= 0.6 is 0 Å². The maximum Gasteiger partial charge on any atom is 0.314 e. The fourth-order valence-electron chi connectivity index (χ4n) is 0.562. The molecule has 0 aromatic rings. The minimum absolute atomic E-state index is 0.0324.